The summed E-state index contributed by atoms with van der Waals surface area (Å²) in [4.78, 5) is 11.9. The summed E-state index contributed by atoms with van der Waals surface area (Å²) in [5.41, 5.74) is 6.78. The van der Waals surface area contributed by atoms with Gasteiger partial charge in [0.2, 0.25) is 0 Å². The number of rotatable bonds is 5. The topological polar surface area (TPSA) is 63.3 Å². The Morgan fingerprint density at radius 3 is 2.43 bits per heavy atom. The molecule has 0 fully saturated rings. The summed E-state index contributed by atoms with van der Waals surface area (Å²) in [6.07, 6.45) is 0.231. The van der Waals surface area contributed by atoms with Crippen molar-refractivity contribution in [1.29, 1.82) is 0 Å². The first-order valence-electron chi connectivity index (χ1n) is 6.73. The van der Waals surface area contributed by atoms with Crippen molar-refractivity contribution in [2.24, 2.45) is 5.73 Å². The largest absolute Gasteiger partial charge is 0.481 e. The van der Waals surface area contributed by atoms with Crippen molar-refractivity contribution in [2.45, 2.75) is 18.8 Å². The van der Waals surface area contributed by atoms with Gasteiger partial charge in [-0.2, -0.15) is 0 Å². The quantitative estimate of drug-likeness (QED) is 0.888. The van der Waals surface area contributed by atoms with Crippen LogP contribution in [0.5, 0.6) is 0 Å². The molecule has 1 unspecified atom stereocenters. The van der Waals surface area contributed by atoms with Gasteiger partial charge in [-0.05, 0) is 42.2 Å². The average Bonchev–Trinajstić information content (AvgIpc) is 2.47. The molecule has 0 aliphatic rings. The van der Waals surface area contributed by atoms with Crippen molar-refractivity contribution in [3.63, 3.8) is 0 Å². The van der Waals surface area contributed by atoms with Crippen LogP contribution >= 0.6 is 0 Å². The summed E-state index contributed by atoms with van der Waals surface area (Å²) in [5.74, 6) is -1.30. The molecule has 0 saturated heterocycles. The molecule has 2 rings (SSSR count). The normalized spacial score (nSPS) is 13.7. The fourth-order valence-corrected chi connectivity index (χ4v) is 2.52. The number of nitrogens with two attached hydrogens (primary N) is 1. The van der Waals surface area contributed by atoms with Crippen molar-refractivity contribution < 1.29 is 14.3 Å². The van der Waals surface area contributed by atoms with Crippen molar-refractivity contribution in [3.8, 4) is 0 Å². The third kappa shape index (κ3) is 2.95. The molecule has 4 heteroatoms. The summed E-state index contributed by atoms with van der Waals surface area (Å²) in [6.45, 7) is 1.75. The monoisotopic (exact) mass is 287 g/mol. The minimum atomic E-state index is -1.20. The standard InChI is InChI=1S/C17H18FNO2/c1-12-9-15(18)8-7-13(12)10-17(11-19,16(20)21)14-5-3-2-4-6-14/h2-9H,10-11,19H2,1H3,(H,20,21). The molecule has 110 valence electrons. The van der Waals surface area contributed by atoms with Gasteiger partial charge in [0.25, 0.3) is 0 Å². The number of carbonyl (C=O) groups is 1. The lowest BCUT2D eigenvalue weighted by atomic mass is 9.75. The van der Waals surface area contributed by atoms with Gasteiger partial charge in [-0.1, -0.05) is 36.4 Å². The highest BCUT2D eigenvalue weighted by Crippen LogP contribution is 2.29. The van der Waals surface area contributed by atoms with Gasteiger partial charge in [-0.3, -0.25) is 4.79 Å². The molecule has 2 aromatic rings. The van der Waals surface area contributed by atoms with Gasteiger partial charge in [0.1, 0.15) is 11.2 Å². The first-order valence-corrected chi connectivity index (χ1v) is 6.73. The van der Waals surface area contributed by atoms with Gasteiger partial charge in [0.05, 0.1) is 0 Å². The lowest BCUT2D eigenvalue weighted by Gasteiger charge is -2.29. The summed E-state index contributed by atoms with van der Waals surface area (Å²) in [7, 11) is 0. The van der Waals surface area contributed by atoms with Gasteiger partial charge in [0.15, 0.2) is 0 Å². The van der Waals surface area contributed by atoms with Crippen LogP contribution < -0.4 is 5.73 Å². The minimum absolute atomic E-state index is 0.0246. The lowest BCUT2D eigenvalue weighted by molar-refractivity contribution is -0.143. The van der Waals surface area contributed by atoms with E-state index < -0.39 is 11.4 Å². The Kier molecular flexibility index (Phi) is 4.38. The SMILES string of the molecule is Cc1cc(F)ccc1CC(CN)(C(=O)O)c1ccccc1. The van der Waals surface area contributed by atoms with E-state index in [9.17, 15) is 14.3 Å². The Hall–Kier alpha value is -2.20. The van der Waals surface area contributed by atoms with E-state index in [1.165, 1.54) is 12.1 Å². The number of benzene rings is 2. The molecule has 0 aliphatic carbocycles. The van der Waals surface area contributed by atoms with Crippen LogP contribution in [-0.2, 0) is 16.6 Å². The molecule has 3 nitrogen and oxygen atoms in total. The number of carboxylic acid groups (broad SMARTS) is 1. The van der Waals surface area contributed by atoms with Crippen molar-refractivity contribution in [2.75, 3.05) is 6.54 Å². The van der Waals surface area contributed by atoms with Crippen molar-refractivity contribution >= 4 is 5.97 Å². The summed E-state index contributed by atoms with van der Waals surface area (Å²) >= 11 is 0. The Morgan fingerprint density at radius 2 is 1.90 bits per heavy atom. The molecule has 3 N–H and O–H groups in total. The van der Waals surface area contributed by atoms with E-state index in [-0.39, 0.29) is 18.8 Å². The molecule has 0 saturated carbocycles. The van der Waals surface area contributed by atoms with E-state index >= 15 is 0 Å². The van der Waals surface area contributed by atoms with Gasteiger partial charge in [0, 0.05) is 6.54 Å². The van der Waals surface area contributed by atoms with Crippen LogP contribution in [0.15, 0.2) is 48.5 Å². The maximum Gasteiger partial charge on any atom is 0.315 e. The summed E-state index contributed by atoms with van der Waals surface area (Å²) < 4.78 is 13.2. The molecular weight excluding hydrogens is 269 g/mol. The van der Waals surface area contributed by atoms with Crippen molar-refractivity contribution in [1.82, 2.24) is 0 Å². The highest BCUT2D eigenvalue weighted by atomic mass is 19.1. The molecule has 2 aromatic carbocycles. The highest BCUT2D eigenvalue weighted by Gasteiger charge is 2.39. The van der Waals surface area contributed by atoms with Crippen LogP contribution in [0.2, 0.25) is 0 Å². The van der Waals surface area contributed by atoms with Crippen LogP contribution in [0.25, 0.3) is 0 Å². The maximum absolute atomic E-state index is 13.2. The first kappa shape index (κ1) is 15.2. The van der Waals surface area contributed by atoms with E-state index in [4.69, 9.17) is 5.73 Å². The highest BCUT2D eigenvalue weighted by molar-refractivity contribution is 5.82. The third-order valence-electron chi connectivity index (χ3n) is 3.88. The van der Waals surface area contributed by atoms with E-state index in [2.05, 4.69) is 0 Å². The fraction of sp³-hybridized carbons (Fsp3) is 0.235. The Labute approximate surface area is 123 Å². The Bertz CT molecular complexity index is 642. The molecule has 21 heavy (non-hydrogen) atoms. The van der Waals surface area contributed by atoms with Crippen molar-refractivity contribution in [3.05, 3.63) is 71.0 Å². The van der Waals surface area contributed by atoms with E-state index in [1.807, 2.05) is 6.07 Å². The molecule has 1 atom stereocenters. The zero-order chi connectivity index (χ0) is 15.5. The second-order valence-corrected chi connectivity index (χ2v) is 5.20. The maximum atomic E-state index is 13.2. The molecule has 0 aliphatic heterocycles. The predicted molar refractivity (Wildman–Crippen MR) is 79.7 cm³/mol. The van der Waals surface area contributed by atoms with E-state index in [0.29, 0.717) is 5.56 Å². The molecule has 0 bridgehead atoms. The molecule has 0 radical (unpaired) electrons. The number of hydrogen-bond acceptors (Lipinski definition) is 2. The minimum Gasteiger partial charge on any atom is -0.481 e. The van der Waals surface area contributed by atoms with E-state index in [1.54, 1.807) is 37.3 Å². The third-order valence-corrected chi connectivity index (χ3v) is 3.88. The second kappa shape index (κ2) is 6.06. The molecule has 0 aromatic heterocycles. The average molecular weight is 287 g/mol. The number of carboxylic acids is 1. The summed E-state index contributed by atoms with van der Waals surface area (Å²) in [6, 6.07) is 13.3. The smallest absolute Gasteiger partial charge is 0.315 e. The van der Waals surface area contributed by atoms with Crippen LogP contribution in [0.3, 0.4) is 0 Å². The second-order valence-electron chi connectivity index (χ2n) is 5.20. The number of halogens is 1. The lowest BCUT2D eigenvalue weighted by Crippen LogP contribution is -2.45. The van der Waals surface area contributed by atoms with Gasteiger partial charge in [-0.15, -0.1) is 0 Å². The number of aryl methyl sites for hydroxylation is 1. The fourth-order valence-electron chi connectivity index (χ4n) is 2.52. The Balaban J connectivity index is 2.49. The van der Waals surface area contributed by atoms with Crippen LogP contribution in [-0.4, -0.2) is 17.6 Å². The Morgan fingerprint density at radius 1 is 1.24 bits per heavy atom. The van der Waals surface area contributed by atoms with Crippen LogP contribution in [0.4, 0.5) is 4.39 Å². The van der Waals surface area contributed by atoms with E-state index in [0.717, 1.165) is 11.1 Å². The number of aliphatic carboxylic acids is 1. The van der Waals surface area contributed by atoms with Gasteiger partial charge in [-0.25, -0.2) is 4.39 Å². The molecule has 0 heterocycles. The zero-order valence-electron chi connectivity index (χ0n) is 11.8. The zero-order valence-corrected chi connectivity index (χ0v) is 11.8. The molecule has 0 spiro atoms. The molecular formula is C17H18FNO2. The molecule has 0 amide bonds. The van der Waals surface area contributed by atoms with Gasteiger partial charge >= 0.3 is 5.97 Å². The van der Waals surface area contributed by atoms with Crippen LogP contribution in [0, 0.1) is 12.7 Å². The summed E-state index contributed by atoms with van der Waals surface area (Å²) in [5, 5.41) is 9.73. The number of hydrogen-bond donors (Lipinski definition) is 2. The van der Waals surface area contributed by atoms with Gasteiger partial charge < -0.3 is 10.8 Å². The predicted octanol–water partition coefficient (Wildman–Crippen LogP) is 2.66. The first-order chi connectivity index (χ1) is 9.99. The van der Waals surface area contributed by atoms with Crippen LogP contribution in [0.1, 0.15) is 16.7 Å².